The van der Waals surface area contributed by atoms with Crippen molar-refractivity contribution in [1.29, 1.82) is 0 Å². The van der Waals surface area contributed by atoms with Crippen LogP contribution in [0.3, 0.4) is 0 Å². The predicted octanol–water partition coefficient (Wildman–Crippen LogP) is 3.40. The lowest BCUT2D eigenvalue weighted by Crippen LogP contribution is -2.43. The Hall–Kier alpha value is -3.94. The van der Waals surface area contributed by atoms with Gasteiger partial charge in [-0.2, -0.15) is 0 Å². The molecule has 7 nitrogen and oxygen atoms in total. The number of guanidine groups is 1. The molecule has 1 unspecified atom stereocenters. The molecule has 1 amide bonds. The van der Waals surface area contributed by atoms with Crippen LogP contribution in [0.2, 0.25) is 0 Å². The van der Waals surface area contributed by atoms with Gasteiger partial charge >= 0.3 is 0 Å². The van der Waals surface area contributed by atoms with Gasteiger partial charge in [-0.1, -0.05) is 36.4 Å². The summed E-state index contributed by atoms with van der Waals surface area (Å²) in [6.45, 7) is 1.49. The Morgan fingerprint density at radius 2 is 2.03 bits per heavy atom. The topological polar surface area (TPSA) is 78.8 Å². The maximum atomic E-state index is 12.5. The van der Waals surface area contributed by atoms with Crippen LogP contribution in [0.25, 0.3) is 11.1 Å². The van der Waals surface area contributed by atoms with E-state index < -0.39 is 6.67 Å². The molecule has 32 heavy (non-hydrogen) atoms. The lowest BCUT2D eigenvalue weighted by Gasteiger charge is -2.23. The molecule has 3 aromatic rings. The van der Waals surface area contributed by atoms with Crippen molar-refractivity contribution in [2.75, 3.05) is 18.3 Å². The molecule has 2 N–H and O–H groups in total. The van der Waals surface area contributed by atoms with E-state index >= 15 is 0 Å². The van der Waals surface area contributed by atoms with Crippen molar-refractivity contribution in [3.8, 4) is 16.9 Å². The molecule has 0 spiro atoms. The van der Waals surface area contributed by atoms with Crippen LogP contribution in [0, 0.1) is 6.92 Å². The number of aryl methyl sites for hydroxylation is 1. The van der Waals surface area contributed by atoms with E-state index in [2.05, 4.69) is 20.7 Å². The summed E-state index contributed by atoms with van der Waals surface area (Å²) >= 11 is 0. The molecule has 1 aliphatic heterocycles. The third-order valence-electron chi connectivity index (χ3n) is 5.12. The summed E-state index contributed by atoms with van der Waals surface area (Å²) in [6, 6.07) is 19.6. The number of hydrazone groups is 1. The van der Waals surface area contributed by atoms with Crippen molar-refractivity contribution in [2.24, 2.45) is 5.10 Å². The molecule has 0 saturated carbocycles. The highest BCUT2D eigenvalue weighted by molar-refractivity contribution is 5.91. The maximum Gasteiger partial charge on any atom is 0.222 e. The van der Waals surface area contributed by atoms with Crippen LogP contribution in [-0.2, 0) is 11.2 Å². The number of anilines is 1. The first-order valence-electron chi connectivity index (χ1n) is 10.3. The largest absolute Gasteiger partial charge is 0.491 e. The maximum absolute atomic E-state index is 12.5. The lowest BCUT2D eigenvalue weighted by atomic mass is 10.0. The fourth-order valence-electron chi connectivity index (χ4n) is 3.61. The summed E-state index contributed by atoms with van der Waals surface area (Å²) in [5, 5.41) is 12.1. The summed E-state index contributed by atoms with van der Waals surface area (Å²) in [5.41, 5.74) is 4.08. The van der Waals surface area contributed by atoms with E-state index in [0.29, 0.717) is 30.4 Å². The molecule has 2 heterocycles. The predicted molar refractivity (Wildman–Crippen MR) is 122 cm³/mol. The Balaban J connectivity index is 1.65. The van der Waals surface area contributed by atoms with Crippen LogP contribution in [-0.4, -0.2) is 36.8 Å². The Labute approximate surface area is 185 Å². The van der Waals surface area contributed by atoms with Gasteiger partial charge in [0.1, 0.15) is 25.2 Å². The highest BCUT2D eigenvalue weighted by Gasteiger charge is 2.28. The number of aromatic nitrogens is 1. The zero-order chi connectivity index (χ0) is 22.3. The number of rotatable bonds is 8. The van der Waals surface area contributed by atoms with Gasteiger partial charge < -0.3 is 10.1 Å². The van der Waals surface area contributed by atoms with Crippen molar-refractivity contribution < 1.29 is 13.9 Å². The number of nitrogens with one attached hydrogen (secondary N) is 2. The quantitative estimate of drug-likeness (QED) is 0.533. The second-order valence-electron chi connectivity index (χ2n) is 7.32. The highest BCUT2D eigenvalue weighted by atomic mass is 19.1. The van der Waals surface area contributed by atoms with Gasteiger partial charge in [0.15, 0.2) is 5.82 Å². The first-order valence-corrected chi connectivity index (χ1v) is 10.3. The van der Waals surface area contributed by atoms with Gasteiger partial charge in [0, 0.05) is 12.6 Å². The molecule has 0 bridgehead atoms. The van der Waals surface area contributed by atoms with E-state index in [-0.39, 0.29) is 12.8 Å². The minimum atomic E-state index is -0.539. The van der Waals surface area contributed by atoms with Crippen molar-refractivity contribution >= 4 is 18.2 Å². The van der Waals surface area contributed by atoms with Gasteiger partial charge in [-0.25, -0.2) is 14.4 Å². The molecule has 1 aliphatic rings. The molecule has 1 atom stereocenters. The zero-order valence-corrected chi connectivity index (χ0v) is 17.7. The number of hydrogen-bond donors (Lipinski definition) is 2. The summed E-state index contributed by atoms with van der Waals surface area (Å²) < 4.78 is 18.0. The third-order valence-corrected chi connectivity index (χ3v) is 5.12. The van der Waals surface area contributed by atoms with Gasteiger partial charge in [-0.3, -0.25) is 10.1 Å². The monoisotopic (exact) mass is 433 g/mol. The molecule has 0 fully saturated rings. The van der Waals surface area contributed by atoms with Crippen molar-refractivity contribution in [2.45, 2.75) is 19.5 Å². The van der Waals surface area contributed by atoms with Gasteiger partial charge in [0.25, 0.3) is 0 Å². The molecule has 0 radical (unpaired) electrons. The Morgan fingerprint density at radius 3 is 2.81 bits per heavy atom. The summed E-state index contributed by atoms with van der Waals surface area (Å²) in [4.78, 5) is 15.5. The number of halogens is 1. The van der Waals surface area contributed by atoms with Gasteiger partial charge in [0.2, 0.25) is 12.4 Å². The van der Waals surface area contributed by atoms with E-state index in [9.17, 15) is 9.18 Å². The normalized spacial score (nSPS) is 15.1. The Morgan fingerprint density at radius 1 is 1.19 bits per heavy atom. The van der Waals surface area contributed by atoms with Crippen LogP contribution in [0.1, 0.15) is 11.1 Å². The van der Waals surface area contributed by atoms with E-state index in [1.54, 1.807) is 11.2 Å². The number of benzene rings is 2. The number of amides is 1. The SMILES string of the molecule is Cc1ccc(OCCF)cc1-c1ccnc(N2N=C(NC=O)NC2Cc2ccccc2)c1. The second-order valence-corrected chi connectivity index (χ2v) is 7.32. The summed E-state index contributed by atoms with van der Waals surface area (Å²) in [7, 11) is 0. The van der Waals surface area contributed by atoms with Crippen LogP contribution in [0.5, 0.6) is 5.75 Å². The molecule has 2 aromatic carbocycles. The molecular weight excluding hydrogens is 409 g/mol. The zero-order valence-electron chi connectivity index (χ0n) is 17.7. The van der Waals surface area contributed by atoms with Gasteiger partial charge in [0.05, 0.1) is 0 Å². The molecule has 8 heteroatoms. The van der Waals surface area contributed by atoms with Crippen LogP contribution >= 0.6 is 0 Å². The minimum absolute atomic E-state index is 0.0198. The number of carbonyl (C=O) groups is 1. The Kier molecular flexibility index (Phi) is 6.60. The summed E-state index contributed by atoms with van der Waals surface area (Å²) in [5.74, 6) is 1.61. The van der Waals surface area contributed by atoms with E-state index in [1.165, 1.54) is 0 Å². The van der Waals surface area contributed by atoms with Crippen LogP contribution in [0.15, 0.2) is 72.0 Å². The first-order chi connectivity index (χ1) is 15.7. The summed E-state index contributed by atoms with van der Waals surface area (Å²) in [6.07, 6.45) is 2.75. The van der Waals surface area contributed by atoms with E-state index in [1.807, 2.05) is 67.6 Å². The van der Waals surface area contributed by atoms with Crippen molar-refractivity contribution in [3.05, 3.63) is 78.0 Å². The van der Waals surface area contributed by atoms with Crippen molar-refractivity contribution in [1.82, 2.24) is 15.6 Å². The fraction of sp³-hybridized carbons (Fsp3) is 0.208. The number of ether oxygens (including phenoxy) is 1. The fourth-order valence-corrected chi connectivity index (χ4v) is 3.61. The number of carbonyl (C=O) groups excluding carboxylic acids is 1. The first kappa shape index (κ1) is 21.3. The molecule has 1 aromatic heterocycles. The number of nitrogens with zero attached hydrogens (tertiary/aromatic N) is 3. The molecule has 164 valence electrons. The standard InChI is InChI=1S/C24H24FN5O2/c1-17-7-8-20(32-12-10-25)15-21(17)19-9-11-26-22(14-19)30-23(28-24(29-30)27-16-31)13-18-5-3-2-4-6-18/h2-9,11,14-16,23H,10,12-13H2,1H3,(H2,27,28,29,31). The number of hydrogen-bond acceptors (Lipinski definition) is 6. The average Bonchev–Trinajstić information content (AvgIpc) is 3.21. The third kappa shape index (κ3) is 4.85. The number of alkyl halides is 1. The van der Waals surface area contributed by atoms with E-state index in [4.69, 9.17) is 4.74 Å². The van der Waals surface area contributed by atoms with Crippen molar-refractivity contribution in [3.63, 3.8) is 0 Å². The van der Waals surface area contributed by atoms with Gasteiger partial charge in [-0.05, 0) is 53.4 Å². The molecule has 0 aliphatic carbocycles. The molecule has 0 saturated heterocycles. The molecule has 4 rings (SSSR count). The van der Waals surface area contributed by atoms with Gasteiger partial charge in [-0.15, -0.1) is 5.10 Å². The second kappa shape index (κ2) is 9.91. The van der Waals surface area contributed by atoms with E-state index in [0.717, 1.165) is 22.3 Å². The Bertz CT molecular complexity index is 1110. The molecular formula is C24H24FN5O2. The average molecular weight is 433 g/mol. The number of pyridine rings is 1. The lowest BCUT2D eigenvalue weighted by molar-refractivity contribution is -0.108. The van der Waals surface area contributed by atoms with Crippen LogP contribution in [0.4, 0.5) is 10.2 Å². The van der Waals surface area contributed by atoms with Crippen LogP contribution < -0.4 is 20.4 Å². The smallest absolute Gasteiger partial charge is 0.222 e. The minimum Gasteiger partial charge on any atom is -0.491 e. The highest BCUT2D eigenvalue weighted by Crippen LogP contribution is 2.30.